The normalized spacial score (nSPS) is 24.8. The van der Waals surface area contributed by atoms with Gasteiger partial charge >= 0.3 is 5.97 Å². The molecule has 0 aromatic carbocycles. The Morgan fingerprint density at radius 3 is 1.29 bits per heavy atom. The van der Waals surface area contributed by atoms with Gasteiger partial charge in [-0.15, -0.1) is 0 Å². The minimum atomic E-state index is -1.71. The first-order valence-electron chi connectivity index (χ1n) is 30.5. The topological polar surface area (TPSA) is 214 Å². The fourth-order valence-corrected chi connectivity index (χ4v) is 9.24. The Morgan fingerprint density at radius 2 is 0.805 bits per heavy atom. The van der Waals surface area contributed by atoms with Crippen molar-refractivity contribution in [1.29, 1.82) is 0 Å². The first-order chi connectivity index (χ1) is 37.6. The summed E-state index contributed by atoms with van der Waals surface area (Å²) >= 11 is 0. The number of hydrogen-bond acceptors (Lipinski definition) is 14. The molecule has 2 aliphatic rings. The van der Waals surface area contributed by atoms with Gasteiger partial charge in [0.25, 0.3) is 0 Å². The number of aliphatic hydroxyl groups excluding tert-OH is 7. The monoisotopic (exact) mass is 1090 g/mol. The molecule has 446 valence electrons. The minimum absolute atomic E-state index is 0.0485. The molecule has 11 atom stereocenters. The second kappa shape index (κ2) is 49.3. The van der Waals surface area contributed by atoms with E-state index < -0.39 is 80.7 Å². The quantitative estimate of drug-likeness (QED) is 0.0172. The molecule has 2 saturated heterocycles. The maximum absolute atomic E-state index is 13.1. The number of carbonyl (C=O) groups excluding carboxylic acids is 1. The zero-order valence-corrected chi connectivity index (χ0v) is 47.9. The highest BCUT2D eigenvalue weighted by Crippen LogP contribution is 2.27. The Kier molecular flexibility index (Phi) is 45.1. The molecule has 0 aromatic heterocycles. The molecule has 7 N–H and O–H groups in total. The SMILES string of the molecule is CCCCC/C=C\C/C=C\C/C=C\CCCCCCCCCOCC(COC1OC(COC2OC(CO)C(O)C(O)C2O)C(O)C(O)C1O)OC(=O)CCCCCCCCCC/C=C\C/C=C\C/C=C\CCCCCCC. The Balaban J connectivity index is 1.71. The summed E-state index contributed by atoms with van der Waals surface area (Å²) in [5.74, 6) is -0.388. The lowest BCUT2D eigenvalue weighted by molar-refractivity contribution is -0.332. The summed E-state index contributed by atoms with van der Waals surface area (Å²) < 4.78 is 34.4. The van der Waals surface area contributed by atoms with Crippen molar-refractivity contribution in [2.45, 2.75) is 287 Å². The van der Waals surface area contributed by atoms with E-state index in [1.54, 1.807) is 0 Å². The molecule has 0 aliphatic carbocycles. The molecule has 2 rings (SSSR count). The molecule has 77 heavy (non-hydrogen) atoms. The highest BCUT2D eigenvalue weighted by molar-refractivity contribution is 5.69. The standard InChI is InChI=1S/C63H110O14/c1-3-5-7-9-11-13-15-17-19-21-23-25-26-27-28-30-32-34-36-38-40-42-44-46-55(65)75-52(49-72-47-45-43-41-39-37-35-33-31-29-24-22-20-18-16-14-12-10-8-6-4-2)50-73-62-61(71)59(69)57(67)54(77-62)51-74-63-60(70)58(68)56(66)53(48-64)76-63/h12,14-15,17-18,20-21,23-24,26-27,29,52-54,56-64,66-71H,3-11,13,16,19,22,25,28,30-51H2,1-2H3/b14-12-,17-15-,20-18-,23-21-,27-26-,29-24-. The minimum Gasteiger partial charge on any atom is -0.457 e. The third-order valence-electron chi connectivity index (χ3n) is 14.2. The van der Waals surface area contributed by atoms with Gasteiger partial charge in [0.05, 0.1) is 26.4 Å². The van der Waals surface area contributed by atoms with Crippen LogP contribution >= 0.6 is 0 Å². The van der Waals surface area contributed by atoms with Crippen LogP contribution in [0.5, 0.6) is 0 Å². The van der Waals surface area contributed by atoms with E-state index in [2.05, 4.69) is 86.8 Å². The Hall–Kier alpha value is -2.57. The van der Waals surface area contributed by atoms with E-state index >= 15 is 0 Å². The van der Waals surface area contributed by atoms with E-state index in [1.165, 1.54) is 116 Å². The summed E-state index contributed by atoms with van der Waals surface area (Å²) in [5.41, 5.74) is 0. The van der Waals surface area contributed by atoms with Crippen LogP contribution in [0.3, 0.4) is 0 Å². The largest absolute Gasteiger partial charge is 0.457 e. The van der Waals surface area contributed by atoms with Gasteiger partial charge in [-0.05, 0) is 89.9 Å². The van der Waals surface area contributed by atoms with Gasteiger partial charge in [-0.25, -0.2) is 0 Å². The second-order valence-electron chi connectivity index (χ2n) is 21.2. The fraction of sp³-hybridized carbons (Fsp3) is 0.794. The molecule has 0 saturated carbocycles. The van der Waals surface area contributed by atoms with Crippen LogP contribution in [0.1, 0.15) is 219 Å². The van der Waals surface area contributed by atoms with Crippen molar-refractivity contribution in [2.75, 3.05) is 33.0 Å². The summed E-state index contributed by atoms with van der Waals surface area (Å²) in [6, 6.07) is 0. The van der Waals surface area contributed by atoms with Crippen LogP contribution in [0.25, 0.3) is 0 Å². The van der Waals surface area contributed by atoms with Crippen molar-refractivity contribution in [1.82, 2.24) is 0 Å². The van der Waals surface area contributed by atoms with Crippen molar-refractivity contribution >= 4 is 5.97 Å². The molecule has 0 aromatic rings. The zero-order chi connectivity index (χ0) is 55.8. The van der Waals surface area contributed by atoms with Crippen LogP contribution in [-0.2, 0) is 33.2 Å². The third-order valence-corrected chi connectivity index (χ3v) is 14.2. The lowest BCUT2D eigenvalue weighted by Crippen LogP contribution is -2.61. The van der Waals surface area contributed by atoms with Gasteiger partial charge in [0.2, 0.25) is 0 Å². The lowest BCUT2D eigenvalue weighted by atomic mass is 9.98. The highest BCUT2D eigenvalue weighted by atomic mass is 16.7. The molecule has 0 radical (unpaired) electrons. The summed E-state index contributed by atoms with van der Waals surface area (Å²) in [5, 5.41) is 72.4. The number of esters is 1. The van der Waals surface area contributed by atoms with Crippen molar-refractivity contribution < 1.29 is 69.0 Å². The number of ether oxygens (including phenoxy) is 6. The second-order valence-corrected chi connectivity index (χ2v) is 21.2. The highest BCUT2D eigenvalue weighted by Gasteiger charge is 2.47. The number of allylic oxidation sites excluding steroid dienone is 12. The van der Waals surface area contributed by atoms with Gasteiger partial charge < -0.3 is 64.2 Å². The smallest absolute Gasteiger partial charge is 0.306 e. The van der Waals surface area contributed by atoms with Crippen LogP contribution in [0.2, 0.25) is 0 Å². The Labute approximate surface area is 466 Å². The zero-order valence-electron chi connectivity index (χ0n) is 47.9. The van der Waals surface area contributed by atoms with E-state index in [1.807, 2.05) is 0 Å². The van der Waals surface area contributed by atoms with Gasteiger partial charge in [-0.3, -0.25) is 4.79 Å². The van der Waals surface area contributed by atoms with Gasteiger partial charge in [0.1, 0.15) is 54.9 Å². The first kappa shape index (κ1) is 70.5. The molecular formula is C63H110O14. The number of aliphatic hydroxyl groups is 7. The Bertz CT molecular complexity index is 1550. The molecular weight excluding hydrogens is 981 g/mol. The van der Waals surface area contributed by atoms with Crippen LogP contribution in [0.4, 0.5) is 0 Å². The van der Waals surface area contributed by atoms with E-state index in [9.17, 15) is 40.5 Å². The van der Waals surface area contributed by atoms with Crippen LogP contribution in [0.15, 0.2) is 72.9 Å². The average Bonchev–Trinajstić information content (AvgIpc) is 3.43. The summed E-state index contributed by atoms with van der Waals surface area (Å²) in [6.07, 6.45) is 46.7. The molecule has 0 spiro atoms. The molecule has 14 heteroatoms. The van der Waals surface area contributed by atoms with Crippen LogP contribution in [-0.4, -0.2) is 142 Å². The maximum Gasteiger partial charge on any atom is 0.306 e. The summed E-state index contributed by atoms with van der Waals surface area (Å²) in [4.78, 5) is 13.1. The van der Waals surface area contributed by atoms with Gasteiger partial charge in [0.15, 0.2) is 12.6 Å². The Morgan fingerprint density at radius 1 is 0.429 bits per heavy atom. The van der Waals surface area contributed by atoms with Crippen molar-refractivity contribution in [3.8, 4) is 0 Å². The molecule has 2 fully saturated rings. The summed E-state index contributed by atoms with van der Waals surface area (Å²) in [7, 11) is 0. The van der Waals surface area contributed by atoms with Gasteiger partial charge in [-0.1, -0.05) is 196 Å². The summed E-state index contributed by atoms with van der Waals surface area (Å²) in [6.45, 7) is 3.63. The molecule has 14 nitrogen and oxygen atoms in total. The predicted octanol–water partition coefficient (Wildman–Crippen LogP) is 11.4. The average molecular weight is 1090 g/mol. The number of rotatable bonds is 49. The van der Waals surface area contributed by atoms with Crippen LogP contribution < -0.4 is 0 Å². The van der Waals surface area contributed by atoms with E-state index in [-0.39, 0.29) is 25.6 Å². The van der Waals surface area contributed by atoms with Crippen molar-refractivity contribution in [2.24, 2.45) is 0 Å². The number of hydrogen-bond donors (Lipinski definition) is 7. The van der Waals surface area contributed by atoms with Gasteiger partial charge in [-0.2, -0.15) is 0 Å². The molecule has 11 unspecified atom stereocenters. The van der Waals surface area contributed by atoms with Gasteiger partial charge in [0, 0.05) is 13.0 Å². The van der Waals surface area contributed by atoms with E-state index in [4.69, 9.17) is 28.4 Å². The maximum atomic E-state index is 13.1. The van der Waals surface area contributed by atoms with Crippen LogP contribution in [0, 0.1) is 0 Å². The van der Waals surface area contributed by atoms with Crippen molar-refractivity contribution in [3.05, 3.63) is 72.9 Å². The molecule has 0 amide bonds. The fourth-order valence-electron chi connectivity index (χ4n) is 9.24. The third kappa shape index (κ3) is 35.7. The number of carbonyl (C=O) groups is 1. The molecule has 0 bridgehead atoms. The van der Waals surface area contributed by atoms with Crippen molar-refractivity contribution in [3.63, 3.8) is 0 Å². The van der Waals surface area contributed by atoms with E-state index in [0.29, 0.717) is 13.0 Å². The lowest BCUT2D eigenvalue weighted by Gasteiger charge is -2.42. The number of unbranched alkanes of at least 4 members (excludes halogenated alkanes) is 23. The predicted molar refractivity (Wildman–Crippen MR) is 307 cm³/mol. The molecule has 2 heterocycles. The molecule has 2 aliphatic heterocycles. The van der Waals surface area contributed by atoms with E-state index in [0.717, 1.165) is 77.0 Å². The first-order valence-corrected chi connectivity index (χ1v) is 30.5.